The summed E-state index contributed by atoms with van der Waals surface area (Å²) in [5.41, 5.74) is -0.384. The molecule has 4 rings (SSSR count). The standard InChI is InChI=1S/C23H35N5O3/c1-3-13-27-21(30)19-14-18(20(29)24-16-9-5-4-6-10-16)26-28(19)15-23(27,2)22(31)25-17-11-7-8-12-17/h14,16-17H,3-13,15H2,1-2H3,(H,24,29)(H,25,31). The number of hydrogen-bond acceptors (Lipinski definition) is 4. The summed E-state index contributed by atoms with van der Waals surface area (Å²) in [7, 11) is 0. The van der Waals surface area contributed by atoms with Gasteiger partial charge in [0, 0.05) is 24.7 Å². The fourth-order valence-electron chi connectivity index (χ4n) is 5.24. The number of rotatable bonds is 6. The van der Waals surface area contributed by atoms with Crippen LogP contribution >= 0.6 is 0 Å². The van der Waals surface area contributed by atoms with Crippen LogP contribution in [0.3, 0.4) is 0 Å². The van der Waals surface area contributed by atoms with E-state index in [1.807, 2.05) is 13.8 Å². The lowest BCUT2D eigenvalue weighted by Crippen LogP contribution is -2.65. The lowest BCUT2D eigenvalue weighted by atomic mass is 9.94. The minimum absolute atomic E-state index is 0.129. The van der Waals surface area contributed by atoms with Crippen molar-refractivity contribution in [1.29, 1.82) is 0 Å². The van der Waals surface area contributed by atoms with E-state index in [1.54, 1.807) is 15.6 Å². The Balaban J connectivity index is 1.55. The SMILES string of the molecule is CCCN1C(=O)c2cc(C(=O)NC3CCCCC3)nn2CC1(C)C(=O)NC1CCCC1. The quantitative estimate of drug-likeness (QED) is 0.727. The van der Waals surface area contributed by atoms with Crippen LogP contribution in [0, 0.1) is 0 Å². The monoisotopic (exact) mass is 429 g/mol. The summed E-state index contributed by atoms with van der Waals surface area (Å²) in [6.45, 7) is 4.56. The van der Waals surface area contributed by atoms with Gasteiger partial charge in [-0.05, 0) is 39.0 Å². The summed E-state index contributed by atoms with van der Waals surface area (Å²) < 4.78 is 1.55. The smallest absolute Gasteiger partial charge is 0.273 e. The normalized spacial score (nSPS) is 24.8. The first-order valence-corrected chi connectivity index (χ1v) is 11.9. The molecule has 3 amide bonds. The van der Waals surface area contributed by atoms with Crippen LogP contribution in [0.5, 0.6) is 0 Å². The Bertz CT molecular complexity index is 838. The predicted molar refractivity (Wildman–Crippen MR) is 117 cm³/mol. The second-order valence-corrected chi connectivity index (χ2v) is 9.57. The highest BCUT2D eigenvalue weighted by molar-refractivity contribution is 6.02. The third-order valence-electron chi connectivity index (χ3n) is 7.10. The molecule has 1 aromatic rings. The van der Waals surface area contributed by atoms with E-state index in [2.05, 4.69) is 15.7 Å². The van der Waals surface area contributed by atoms with Gasteiger partial charge in [0.05, 0.1) is 6.54 Å². The highest BCUT2D eigenvalue weighted by Gasteiger charge is 2.48. The van der Waals surface area contributed by atoms with Gasteiger partial charge < -0.3 is 15.5 Å². The molecule has 2 aliphatic carbocycles. The van der Waals surface area contributed by atoms with Crippen LogP contribution in [-0.2, 0) is 11.3 Å². The third-order valence-corrected chi connectivity index (χ3v) is 7.10. The maximum atomic E-state index is 13.3. The molecule has 31 heavy (non-hydrogen) atoms. The van der Waals surface area contributed by atoms with Crippen LogP contribution in [0.15, 0.2) is 6.07 Å². The summed E-state index contributed by atoms with van der Waals surface area (Å²) in [6, 6.07) is 1.94. The van der Waals surface area contributed by atoms with Gasteiger partial charge in [-0.3, -0.25) is 19.1 Å². The number of nitrogens with one attached hydrogen (secondary N) is 2. The maximum absolute atomic E-state index is 13.3. The average Bonchev–Trinajstić information content (AvgIpc) is 3.42. The zero-order valence-corrected chi connectivity index (χ0v) is 18.8. The Morgan fingerprint density at radius 1 is 1.06 bits per heavy atom. The zero-order valence-electron chi connectivity index (χ0n) is 18.8. The first kappa shape index (κ1) is 21.8. The number of nitrogens with zero attached hydrogens (tertiary/aromatic N) is 3. The van der Waals surface area contributed by atoms with Gasteiger partial charge >= 0.3 is 0 Å². The van der Waals surface area contributed by atoms with Crippen LogP contribution in [0.1, 0.15) is 99.0 Å². The molecule has 2 heterocycles. The number of aromatic nitrogens is 2. The molecule has 1 atom stereocenters. The minimum Gasteiger partial charge on any atom is -0.351 e. The van der Waals surface area contributed by atoms with Crippen molar-refractivity contribution in [2.75, 3.05) is 6.54 Å². The van der Waals surface area contributed by atoms with Gasteiger partial charge in [0.25, 0.3) is 11.8 Å². The van der Waals surface area contributed by atoms with Gasteiger partial charge in [-0.1, -0.05) is 39.0 Å². The molecule has 170 valence electrons. The summed E-state index contributed by atoms with van der Waals surface area (Å²) in [6.07, 6.45) is 10.4. The summed E-state index contributed by atoms with van der Waals surface area (Å²) in [4.78, 5) is 41.1. The number of amides is 3. The molecule has 8 nitrogen and oxygen atoms in total. The lowest BCUT2D eigenvalue weighted by Gasteiger charge is -2.43. The molecule has 1 unspecified atom stereocenters. The molecule has 0 spiro atoms. The molecule has 2 saturated carbocycles. The highest BCUT2D eigenvalue weighted by atomic mass is 16.2. The van der Waals surface area contributed by atoms with Gasteiger partial charge in [-0.25, -0.2) is 0 Å². The Morgan fingerprint density at radius 2 is 1.68 bits per heavy atom. The molecule has 8 heteroatoms. The summed E-state index contributed by atoms with van der Waals surface area (Å²) in [5.74, 6) is -0.599. The van der Waals surface area contributed by atoms with Gasteiger partial charge in [0.1, 0.15) is 11.2 Å². The molecule has 0 radical (unpaired) electrons. The molecule has 0 saturated heterocycles. The van der Waals surface area contributed by atoms with E-state index in [-0.39, 0.29) is 42.0 Å². The minimum atomic E-state index is -1.02. The molecule has 2 N–H and O–H groups in total. The number of fused-ring (bicyclic) bond motifs is 1. The van der Waals surface area contributed by atoms with E-state index in [0.29, 0.717) is 12.2 Å². The molecule has 2 fully saturated rings. The predicted octanol–water partition coefficient (Wildman–Crippen LogP) is 2.63. The van der Waals surface area contributed by atoms with Crippen molar-refractivity contribution in [3.05, 3.63) is 17.5 Å². The van der Waals surface area contributed by atoms with Crippen LogP contribution in [-0.4, -0.2) is 56.6 Å². The van der Waals surface area contributed by atoms with Crippen molar-refractivity contribution in [3.63, 3.8) is 0 Å². The maximum Gasteiger partial charge on any atom is 0.273 e. The molecule has 1 aromatic heterocycles. The third kappa shape index (κ3) is 4.34. The van der Waals surface area contributed by atoms with Crippen LogP contribution < -0.4 is 10.6 Å². The molecule has 1 aliphatic heterocycles. The van der Waals surface area contributed by atoms with E-state index in [1.165, 1.54) is 6.42 Å². The first-order chi connectivity index (χ1) is 14.9. The van der Waals surface area contributed by atoms with E-state index in [0.717, 1.165) is 57.8 Å². The molecule has 3 aliphatic rings. The fraction of sp³-hybridized carbons (Fsp3) is 0.739. The summed E-state index contributed by atoms with van der Waals surface area (Å²) >= 11 is 0. The van der Waals surface area contributed by atoms with E-state index >= 15 is 0 Å². The highest BCUT2D eigenvalue weighted by Crippen LogP contribution is 2.29. The van der Waals surface area contributed by atoms with Crippen LogP contribution in [0.25, 0.3) is 0 Å². The molecule has 0 aromatic carbocycles. The van der Waals surface area contributed by atoms with Crippen molar-refractivity contribution in [3.8, 4) is 0 Å². The van der Waals surface area contributed by atoms with Crippen molar-refractivity contribution < 1.29 is 14.4 Å². The first-order valence-electron chi connectivity index (χ1n) is 11.9. The Labute approximate surface area is 184 Å². The van der Waals surface area contributed by atoms with E-state index in [4.69, 9.17) is 0 Å². The Morgan fingerprint density at radius 3 is 2.32 bits per heavy atom. The molecule has 0 bridgehead atoms. The number of carbonyl (C=O) groups excluding carboxylic acids is 3. The van der Waals surface area contributed by atoms with E-state index < -0.39 is 5.54 Å². The van der Waals surface area contributed by atoms with Crippen molar-refractivity contribution in [2.45, 2.75) is 102 Å². The van der Waals surface area contributed by atoms with Crippen LogP contribution in [0.4, 0.5) is 0 Å². The van der Waals surface area contributed by atoms with Crippen molar-refractivity contribution in [2.24, 2.45) is 0 Å². The van der Waals surface area contributed by atoms with Gasteiger partial charge in [0.2, 0.25) is 5.91 Å². The fourth-order valence-corrected chi connectivity index (χ4v) is 5.24. The second kappa shape index (κ2) is 9.01. The van der Waals surface area contributed by atoms with Gasteiger partial charge in [-0.2, -0.15) is 5.10 Å². The number of hydrogen-bond donors (Lipinski definition) is 2. The molecular weight excluding hydrogens is 394 g/mol. The second-order valence-electron chi connectivity index (χ2n) is 9.57. The summed E-state index contributed by atoms with van der Waals surface area (Å²) in [5, 5.41) is 10.7. The van der Waals surface area contributed by atoms with Crippen molar-refractivity contribution in [1.82, 2.24) is 25.3 Å². The largest absolute Gasteiger partial charge is 0.351 e. The van der Waals surface area contributed by atoms with E-state index in [9.17, 15) is 14.4 Å². The lowest BCUT2D eigenvalue weighted by molar-refractivity contribution is -0.133. The number of carbonyl (C=O) groups is 3. The van der Waals surface area contributed by atoms with Gasteiger partial charge in [-0.15, -0.1) is 0 Å². The van der Waals surface area contributed by atoms with Gasteiger partial charge in [0.15, 0.2) is 5.69 Å². The average molecular weight is 430 g/mol. The zero-order chi connectivity index (χ0) is 22.0. The Hall–Kier alpha value is -2.38. The van der Waals surface area contributed by atoms with Crippen molar-refractivity contribution >= 4 is 17.7 Å². The molecular formula is C23H35N5O3. The Kier molecular flexibility index (Phi) is 6.34. The van der Waals surface area contributed by atoms with Crippen LogP contribution in [0.2, 0.25) is 0 Å². The topological polar surface area (TPSA) is 96.3 Å².